The maximum Gasteiger partial charge on any atom is 0.122 e. The molecule has 0 aliphatic heterocycles. The monoisotopic (exact) mass is 318 g/mol. The van der Waals surface area contributed by atoms with Crippen LogP contribution in [0.5, 0.6) is 5.75 Å². The number of aryl methyl sites for hydroxylation is 2. The minimum absolute atomic E-state index is 1.02. The Balaban J connectivity index is 1.44. The molecule has 0 amide bonds. The second kappa shape index (κ2) is 8.54. The van der Waals surface area contributed by atoms with Crippen LogP contribution in [0.3, 0.4) is 0 Å². The van der Waals surface area contributed by atoms with Gasteiger partial charge in [-0.05, 0) is 53.6 Å². The van der Waals surface area contributed by atoms with E-state index in [1.165, 1.54) is 54.0 Å². The van der Waals surface area contributed by atoms with Crippen molar-refractivity contribution in [1.29, 1.82) is 0 Å². The van der Waals surface area contributed by atoms with Crippen molar-refractivity contribution in [3.8, 4) is 5.75 Å². The molecule has 0 saturated carbocycles. The highest BCUT2D eigenvalue weighted by molar-refractivity contribution is 5.85. The maximum absolute atomic E-state index is 5.42. The Morgan fingerprint density at radius 2 is 1.25 bits per heavy atom. The summed E-state index contributed by atoms with van der Waals surface area (Å²) in [5, 5.41) is 2.76. The number of rotatable bonds is 8. The van der Waals surface area contributed by atoms with Crippen molar-refractivity contribution >= 4 is 10.8 Å². The molecule has 0 N–H and O–H groups in total. The maximum atomic E-state index is 5.42. The number of unbranched alkanes of at least 4 members (excludes halogenated alkanes) is 3. The van der Waals surface area contributed by atoms with E-state index in [1.54, 1.807) is 7.11 Å². The molecule has 0 atom stereocenters. The second-order valence-corrected chi connectivity index (χ2v) is 6.36. The second-order valence-electron chi connectivity index (χ2n) is 6.36. The van der Waals surface area contributed by atoms with Gasteiger partial charge in [0.15, 0.2) is 0 Å². The van der Waals surface area contributed by atoms with E-state index >= 15 is 0 Å². The molecule has 0 unspecified atom stereocenters. The zero-order valence-corrected chi connectivity index (χ0v) is 14.5. The fourth-order valence-corrected chi connectivity index (χ4v) is 3.40. The summed E-state index contributed by atoms with van der Waals surface area (Å²) in [4.78, 5) is 0. The van der Waals surface area contributed by atoms with Gasteiger partial charge in [-0.1, -0.05) is 73.5 Å². The summed E-state index contributed by atoms with van der Waals surface area (Å²) in [5.41, 5.74) is 2.81. The Labute approximate surface area is 145 Å². The summed E-state index contributed by atoms with van der Waals surface area (Å²) in [5.74, 6) is 1.02. The summed E-state index contributed by atoms with van der Waals surface area (Å²) < 4.78 is 5.42. The van der Waals surface area contributed by atoms with Crippen molar-refractivity contribution in [2.75, 3.05) is 7.11 Å². The SMILES string of the molecule is COc1ccccc1CCCCCCc1cccc2ccccc12. The molecule has 0 spiro atoms. The van der Waals surface area contributed by atoms with E-state index in [-0.39, 0.29) is 0 Å². The van der Waals surface area contributed by atoms with Crippen LogP contribution in [-0.2, 0) is 12.8 Å². The number of benzene rings is 3. The van der Waals surface area contributed by atoms with Gasteiger partial charge < -0.3 is 4.74 Å². The third kappa shape index (κ3) is 4.17. The molecule has 24 heavy (non-hydrogen) atoms. The van der Waals surface area contributed by atoms with Gasteiger partial charge in [-0.3, -0.25) is 0 Å². The number of hydrogen-bond acceptors (Lipinski definition) is 1. The fourth-order valence-electron chi connectivity index (χ4n) is 3.40. The van der Waals surface area contributed by atoms with Gasteiger partial charge in [0.1, 0.15) is 5.75 Å². The normalized spacial score (nSPS) is 10.9. The van der Waals surface area contributed by atoms with Crippen molar-refractivity contribution in [3.05, 3.63) is 77.9 Å². The van der Waals surface area contributed by atoms with Crippen LogP contribution in [0.1, 0.15) is 36.8 Å². The smallest absolute Gasteiger partial charge is 0.122 e. The molecule has 0 aromatic heterocycles. The van der Waals surface area contributed by atoms with E-state index in [2.05, 4.69) is 60.7 Å². The predicted molar refractivity (Wildman–Crippen MR) is 103 cm³/mol. The molecule has 0 bridgehead atoms. The summed E-state index contributed by atoms with van der Waals surface area (Å²) in [6.45, 7) is 0. The first-order chi connectivity index (χ1) is 11.9. The summed E-state index contributed by atoms with van der Waals surface area (Å²) in [6, 6.07) is 23.7. The Bertz CT molecular complexity index is 770. The lowest BCUT2D eigenvalue weighted by molar-refractivity contribution is 0.408. The quantitative estimate of drug-likeness (QED) is 0.450. The molecule has 0 radical (unpaired) electrons. The van der Waals surface area contributed by atoms with E-state index in [1.807, 2.05) is 6.07 Å². The zero-order chi connectivity index (χ0) is 16.6. The third-order valence-electron chi connectivity index (χ3n) is 4.71. The molecule has 124 valence electrons. The highest BCUT2D eigenvalue weighted by Gasteiger charge is 2.02. The molecule has 1 nitrogen and oxygen atoms in total. The minimum atomic E-state index is 1.02. The average molecular weight is 318 g/mol. The van der Waals surface area contributed by atoms with Crippen LogP contribution in [0.4, 0.5) is 0 Å². The van der Waals surface area contributed by atoms with Gasteiger partial charge in [0, 0.05) is 0 Å². The minimum Gasteiger partial charge on any atom is -0.496 e. The first-order valence-electron chi connectivity index (χ1n) is 8.97. The molecule has 0 saturated heterocycles. The van der Waals surface area contributed by atoms with E-state index in [9.17, 15) is 0 Å². The predicted octanol–water partition coefficient (Wildman–Crippen LogP) is 6.19. The molecule has 3 rings (SSSR count). The molecule has 3 aromatic carbocycles. The van der Waals surface area contributed by atoms with Crippen LogP contribution in [0.15, 0.2) is 66.7 Å². The Kier molecular flexibility index (Phi) is 5.90. The number of para-hydroxylation sites is 1. The molecule has 0 heterocycles. The van der Waals surface area contributed by atoms with Crippen LogP contribution in [-0.4, -0.2) is 7.11 Å². The van der Waals surface area contributed by atoms with Crippen LogP contribution in [0, 0.1) is 0 Å². The lowest BCUT2D eigenvalue weighted by atomic mass is 9.99. The van der Waals surface area contributed by atoms with Crippen molar-refractivity contribution in [1.82, 2.24) is 0 Å². The van der Waals surface area contributed by atoms with Gasteiger partial charge in [-0.15, -0.1) is 0 Å². The standard InChI is InChI=1S/C23H26O/c1-24-23-18-9-7-14-21(23)13-5-3-2-4-11-19-15-10-16-20-12-6-8-17-22(19)20/h6-10,12,14-18H,2-5,11,13H2,1H3. The molecule has 0 aliphatic carbocycles. The van der Waals surface area contributed by atoms with Crippen LogP contribution in [0.25, 0.3) is 10.8 Å². The molecular weight excluding hydrogens is 292 g/mol. The van der Waals surface area contributed by atoms with Crippen LogP contribution in [0.2, 0.25) is 0 Å². The summed E-state index contributed by atoms with van der Waals surface area (Å²) >= 11 is 0. The molecular formula is C23H26O. The van der Waals surface area contributed by atoms with Crippen molar-refractivity contribution < 1.29 is 4.74 Å². The topological polar surface area (TPSA) is 9.23 Å². The van der Waals surface area contributed by atoms with Crippen molar-refractivity contribution in [3.63, 3.8) is 0 Å². The highest BCUT2D eigenvalue weighted by Crippen LogP contribution is 2.22. The van der Waals surface area contributed by atoms with E-state index in [0.29, 0.717) is 0 Å². The Morgan fingerprint density at radius 1 is 0.625 bits per heavy atom. The number of ether oxygens (including phenoxy) is 1. The van der Waals surface area contributed by atoms with Crippen molar-refractivity contribution in [2.45, 2.75) is 38.5 Å². The molecule has 0 fully saturated rings. The largest absolute Gasteiger partial charge is 0.496 e. The van der Waals surface area contributed by atoms with Crippen LogP contribution >= 0.6 is 0 Å². The highest BCUT2D eigenvalue weighted by atomic mass is 16.5. The van der Waals surface area contributed by atoms with Crippen molar-refractivity contribution in [2.24, 2.45) is 0 Å². The van der Waals surface area contributed by atoms with E-state index in [0.717, 1.165) is 12.2 Å². The molecule has 0 aliphatic rings. The van der Waals surface area contributed by atoms with Gasteiger partial charge in [0.2, 0.25) is 0 Å². The van der Waals surface area contributed by atoms with Gasteiger partial charge in [0.05, 0.1) is 7.11 Å². The lowest BCUT2D eigenvalue weighted by Gasteiger charge is -2.08. The first kappa shape index (κ1) is 16.6. The molecule has 1 heteroatoms. The average Bonchev–Trinajstić information content (AvgIpc) is 2.65. The van der Waals surface area contributed by atoms with E-state index < -0.39 is 0 Å². The van der Waals surface area contributed by atoms with Gasteiger partial charge in [0.25, 0.3) is 0 Å². The van der Waals surface area contributed by atoms with Gasteiger partial charge >= 0.3 is 0 Å². The fraction of sp³-hybridized carbons (Fsp3) is 0.304. The third-order valence-corrected chi connectivity index (χ3v) is 4.71. The lowest BCUT2D eigenvalue weighted by Crippen LogP contribution is -1.93. The van der Waals surface area contributed by atoms with Gasteiger partial charge in [-0.2, -0.15) is 0 Å². The Morgan fingerprint density at radius 3 is 2.08 bits per heavy atom. The molecule has 3 aromatic rings. The first-order valence-corrected chi connectivity index (χ1v) is 8.97. The van der Waals surface area contributed by atoms with Gasteiger partial charge in [-0.25, -0.2) is 0 Å². The van der Waals surface area contributed by atoms with Crippen LogP contribution < -0.4 is 4.74 Å². The number of methoxy groups -OCH3 is 1. The van der Waals surface area contributed by atoms with E-state index in [4.69, 9.17) is 4.74 Å². The summed E-state index contributed by atoms with van der Waals surface area (Å²) in [7, 11) is 1.75. The number of fused-ring (bicyclic) bond motifs is 1. The summed E-state index contributed by atoms with van der Waals surface area (Å²) in [6.07, 6.45) is 7.35. The zero-order valence-electron chi connectivity index (χ0n) is 14.5. The Hall–Kier alpha value is -2.28. The number of hydrogen-bond donors (Lipinski definition) is 0.